The molecule has 0 radical (unpaired) electrons. The number of aromatic nitrogens is 1. The number of rotatable bonds is 5. The Bertz CT molecular complexity index is 908. The molecule has 0 saturated carbocycles. The van der Waals surface area contributed by atoms with Crippen molar-refractivity contribution < 1.29 is 19.1 Å². The summed E-state index contributed by atoms with van der Waals surface area (Å²) in [5, 5.41) is 6.18. The van der Waals surface area contributed by atoms with Gasteiger partial charge in [-0.1, -0.05) is 6.08 Å². The fraction of sp³-hybridized carbons (Fsp3) is 0.316. The number of benzene rings is 1. The maximum Gasteiger partial charge on any atom is 0.257 e. The molecular weight excluding hydrogens is 366 g/mol. The van der Waals surface area contributed by atoms with Gasteiger partial charge in [-0.25, -0.2) is 4.98 Å². The van der Waals surface area contributed by atoms with E-state index in [4.69, 9.17) is 9.47 Å². The molecule has 2 aliphatic rings. The zero-order valence-electron chi connectivity index (χ0n) is 14.6. The van der Waals surface area contributed by atoms with Crippen molar-refractivity contribution in [3.63, 3.8) is 0 Å². The SMILES string of the molecule is C=CCNC(=O)C1CCCc2sc(NC(=O)c3ccc4c(c3)OCO4)nc21. The van der Waals surface area contributed by atoms with Gasteiger partial charge < -0.3 is 14.8 Å². The van der Waals surface area contributed by atoms with Crippen LogP contribution >= 0.6 is 11.3 Å². The summed E-state index contributed by atoms with van der Waals surface area (Å²) in [5.41, 5.74) is 1.24. The Hall–Kier alpha value is -2.87. The quantitative estimate of drug-likeness (QED) is 0.773. The van der Waals surface area contributed by atoms with Crippen LogP contribution < -0.4 is 20.1 Å². The summed E-state index contributed by atoms with van der Waals surface area (Å²) in [6, 6.07) is 5.04. The lowest BCUT2D eigenvalue weighted by molar-refractivity contribution is -0.122. The van der Waals surface area contributed by atoms with Crippen molar-refractivity contribution in [3.05, 3.63) is 47.0 Å². The van der Waals surface area contributed by atoms with E-state index in [0.29, 0.717) is 28.7 Å². The number of hydrogen-bond acceptors (Lipinski definition) is 6. The number of nitrogens with zero attached hydrogens (tertiary/aromatic N) is 1. The topological polar surface area (TPSA) is 89.6 Å². The molecule has 1 aromatic carbocycles. The molecule has 1 aliphatic heterocycles. The van der Waals surface area contributed by atoms with E-state index in [9.17, 15) is 9.59 Å². The Morgan fingerprint density at radius 2 is 2.19 bits per heavy atom. The van der Waals surface area contributed by atoms with Crippen molar-refractivity contribution in [1.29, 1.82) is 0 Å². The fourth-order valence-electron chi connectivity index (χ4n) is 3.23. The van der Waals surface area contributed by atoms with Gasteiger partial charge >= 0.3 is 0 Å². The van der Waals surface area contributed by atoms with Gasteiger partial charge in [0, 0.05) is 17.0 Å². The van der Waals surface area contributed by atoms with Crippen molar-refractivity contribution in [2.45, 2.75) is 25.2 Å². The van der Waals surface area contributed by atoms with Crippen LogP contribution in [-0.4, -0.2) is 30.1 Å². The lowest BCUT2D eigenvalue weighted by Gasteiger charge is -2.19. The monoisotopic (exact) mass is 385 g/mol. The van der Waals surface area contributed by atoms with Gasteiger partial charge in [0.05, 0.1) is 11.6 Å². The predicted molar refractivity (Wildman–Crippen MR) is 102 cm³/mol. The minimum atomic E-state index is -0.277. The Labute approximate surface area is 160 Å². The second-order valence-electron chi connectivity index (χ2n) is 6.33. The molecule has 1 aromatic heterocycles. The van der Waals surface area contributed by atoms with Crippen molar-refractivity contribution in [1.82, 2.24) is 10.3 Å². The standard InChI is InChI=1S/C19H19N3O4S/c1-2-8-20-18(24)12-4-3-5-15-16(12)21-19(27-15)22-17(23)11-6-7-13-14(9-11)26-10-25-13/h2,6-7,9,12H,1,3-5,8,10H2,(H,20,24)(H,21,22,23). The van der Waals surface area contributed by atoms with Crippen LogP contribution in [0.5, 0.6) is 11.5 Å². The molecule has 4 rings (SSSR count). The smallest absolute Gasteiger partial charge is 0.257 e. The van der Waals surface area contributed by atoms with Crippen LogP contribution in [0.4, 0.5) is 5.13 Å². The third-order valence-electron chi connectivity index (χ3n) is 4.55. The summed E-state index contributed by atoms with van der Waals surface area (Å²) < 4.78 is 10.6. The maximum absolute atomic E-state index is 12.6. The molecule has 1 aliphatic carbocycles. The summed E-state index contributed by atoms with van der Waals surface area (Å²) in [6.45, 7) is 4.21. The van der Waals surface area contributed by atoms with Crippen LogP contribution in [-0.2, 0) is 11.2 Å². The van der Waals surface area contributed by atoms with E-state index >= 15 is 0 Å². The van der Waals surface area contributed by atoms with Crippen molar-refractivity contribution in [3.8, 4) is 11.5 Å². The number of nitrogens with one attached hydrogen (secondary N) is 2. The van der Waals surface area contributed by atoms with Crippen molar-refractivity contribution in [2.24, 2.45) is 0 Å². The minimum absolute atomic E-state index is 0.0465. The van der Waals surface area contributed by atoms with Gasteiger partial charge in [0.25, 0.3) is 5.91 Å². The Kier molecular flexibility index (Phi) is 4.81. The second kappa shape index (κ2) is 7.40. The number of hydrogen-bond donors (Lipinski definition) is 2. The summed E-state index contributed by atoms with van der Waals surface area (Å²) >= 11 is 1.43. The van der Waals surface area contributed by atoms with Gasteiger partial charge in [0.1, 0.15) is 0 Å². The molecule has 7 nitrogen and oxygen atoms in total. The fourth-order valence-corrected chi connectivity index (χ4v) is 4.29. The first kappa shape index (κ1) is 17.5. The van der Waals surface area contributed by atoms with Gasteiger partial charge in [-0.2, -0.15) is 0 Å². The van der Waals surface area contributed by atoms with Crippen LogP contribution in [0.3, 0.4) is 0 Å². The molecule has 0 bridgehead atoms. The second-order valence-corrected chi connectivity index (χ2v) is 7.41. The predicted octanol–water partition coefficient (Wildman–Crippen LogP) is 2.85. The average molecular weight is 385 g/mol. The van der Waals surface area contributed by atoms with Gasteiger partial charge in [-0.05, 0) is 37.5 Å². The summed E-state index contributed by atoms with van der Waals surface area (Å²) in [5.74, 6) is 0.590. The van der Waals surface area contributed by atoms with Crippen LogP contribution in [0, 0.1) is 0 Å². The van der Waals surface area contributed by atoms with Gasteiger partial charge in [0.15, 0.2) is 16.6 Å². The summed E-state index contributed by atoms with van der Waals surface area (Å²) in [6.07, 6.45) is 4.21. The number of fused-ring (bicyclic) bond motifs is 2. The first-order valence-electron chi connectivity index (χ1n) is 8.75. The van der Waals surface area contributed by atoms with E-state index < -0.39 is 0 Å². The molecule has 0 fully saturated rings. The van der Waals surface area contributed by atoms with Gasteiger partial charge in [0.2, 0.25) is 12.7 Å². The van der Waals surface area contributed by atoms with E-state index in [2.05, 4.69) is 22.2 Å². The van der Waals surface area contributed by atoms with Gasteiger partial charge in [-0.3, -0.25) is 14.9 Å². The third kappa shape index (κ3) is 3.52. The zero-order valence-corrected chi connectivity index (χ0v) is 15.4. The Morgan fingerprint density at radius 1 is 1.33 bits per heavy atom. The molecule has 2 aromatic rings. The zero-order chi connectivity index (χ0) is 18.8. The molecular formula is C19H19N3O4S. The molecule has 0 saturated heterocycles. The normalized spacial score (nSPS) is 17.1. The Balaban J connectivity index is 1.50. The molecule has 1 atom stereocenters. The highest BCUT2D eigenvalue weighted by Gasteiger charge is 2.30. The minimum Gasteiger partial charge on any atom is -0.454 e. The van der Waals surface area contributed by atoms with Crippen molar-refractivity contribution >= 4 is 28.3 Å². The van der Waals surface area contributed by atoms with Crippen LogP contribution in [0.1, 0.15) is 39.7 Å². The van der Waals surface area contributed by atoms with Crippen LogP contribution in [0.2, 0.25) is 0 Å². The van der Waals surface area contributed by atoms with E-state index in [1.54, 1.807) is 24.3 Å². The first-order chi connectivity index (χ1) is 13.2. The van der Waals surface area contributed by atoms with E-state index in [1.807, 2.05) is 0 Å². The number of aryl methyl sites for hydroxylation is 1. The molecule has 140 valence electrons. The van der Waals surface area contributed by atoms with Crippen LogP contribution in [0.15, 0.2) is 30.9 Å². The molecule has 2 amide bonds. The maximum atomic E-state index is 12.6. The summed E-state index contributed by atoms with van der Waals surface area (Å²) in [4.78, 5) is 30.5. The average Bonchev–Trinajstić information content (AvgIpc) is 3.30. The number of ether oxygens (including phenoxy) is 2. The molecule has 0 spiro atoms. The van der Waals surface area contributed by atoms with E-state index in [-0.39, 0.29) is 24.5 Å². The Morgan fingerprint density at radius 3 is 3.04 bits per heavy atom. The number of carbonyl (C=O) groups is 2. The first-order valence-corrected chi connectivity index (χ1v) is 9.56. The van der Waals surface area contributed by atoms with Crippen LogP contribution in [0.25, 0.3) is 0 Å². The number of amides is 2. The lowest BCUT2D eigenvalue weighted by atomic mass is 9.90. The lowest BCUT2D eigenvalue weighted by Crippen LogP contribution is -2.31. The summed E-state index contributed by atoms with van der Waals surface area (Å²) in [7, 11) is 0. The van der Waals surface area contributed by atoms with E-state index in [0.717, 1.165) is 29.8 Å². The highest BCUT2D eigenvalue weighted by atomic mass is 32.1. The molecule has 2 N–H and O–H groups in total. The third-order valence-corrected chi connectivity index (χ3v) is 5.59. The largest absolute Gasteiger partial charge is 0.454 e. The number of anilines is 1. The molecule has 27 heavy (non-hydrogen) atoms. The molecule has 1 unspecified atom stereocenters. The van der Waals surface area contributed by atoms with E-state index in [1.165, 1.54) is 11.3 Å². The highest BCUT2D eigenvalue weighted by molar-refractivity contribution is 7.16. The van der Waals surface area contributed by atoms with Crippen molar-refractivity contribution in [2.75, 3.05) is 18.7 Å². The molecule has 2 heterocycles. The number of carbonyl (C=O) groups excluding carboxylic acids is 2. The highest BCUT2D eigenvalue weighted by Crippen LogP contribution is 2.37. The molecule has 8 heteroatoms. The van der Waals surface area contributed by atoms with Gasteiger partial charge in [-0.15, -0.1) is 17.9 Å². The number of thiazole rings is 1.